The van der Waals surface area contributed by atoms with Gasteiger partial charge in [0.25, 0.3) is 0 Å². The molecule has 2 aromatic rings. The Hall–Kier alpha value is -2.13. The zero-order valence-corrected chi connectivity index (χ0v) is 13.9. The van der Waals surface area contributed by atoms with Crippen molar-refractivity contribution in [3.63, 3.8) is 0 Å². The third-order valence-corrected chi connectivity index (χ3v) is 5.38. The largest absolute Gasteiger partial charge is 0.329 e. The lowest BCUT2D eigenvalue weighted by molar-refractivity contribution is -0.135. The van der Waals surface area contributed by atoms with E-state index in [1.54, 1.807) is 0 Å². The quantitative estimate of drug-likeness (QED) is 0.917. The molecule has 2 aromatic carbocycles. The maximum atomic E-state index is 12.5. The third kappa shape index (κ3) is 2.96. The number of rotatable bonds is 5. The van der Waals surface area contributed by atoms with Crippen molar-refractivity contribution < 1.29 is 4.79 Å². The van der Waals surface area contributed by atoms with E-state index in [2.05, 4.69) is 66.0 Å². The standard InChI is InChI=1S/C21H24N2O/c24-20-13-14-21(17-7-3-1-4-8-17,18-9-5-2-6-10-18)15-23(20)16-22-19-11-12-19/h1-10,19,22H,11-16H2. The Morgan fingerprint density at radius 1 is 0.958 bits per heavy atom. The Kier molecular flexibility index (Phi) is 4.11. The number of hydrogen-bond donors (Lipinski definition) is 1. The SMILES string of the molecule is O=C1CCC(c2ccccc2)(c2ccccc2)CN1CNC1CC1. The van der Waals surface area contributed by atoms with Crippen LogP contribution in [0.1, 0.15) is 36.8 Å². The summed E-state index contributed by atoms with van der Waals surface area (Å²) in [6.45, 7) is 1.42. The van der Waals surface area contributed by atoms with E-state index in [1.165, 1.54) is 24.0 Å². The lowest BCUT2D eigenvalue weighted by Gasteiger charge is -2.43. The van der Waals surface area contributed by atoms with Gasteiger partial charge in [-0.2, -0.15) is 0 Å². The number of likely N-dealkylation sites (tertiary alicyclic amines) is 1. The molecule has 2 fully saturated rings. The zero-order chi connectivity index (χ0) is 16.4. The molecule has 1 heterocycles. The molecule has 1 aliphatic carbocycles. The van der Waals surface area contributed by atoms with Crippen molar-refractivity contribution in [3.8, 4) is 0 Å². The third-order valence-electron chi connectivity index (χ3n) is 5.38. The van der Waals surface area contributed by atoms with Crippen molar-refractivity contribution in [2.45, 2.75) is 37.1 Å². The first-order valence-corrected chi connectivity index (χ1v) is 8.90. The van der Waals surface area contributed by atoms with Crippen LogP contribution in [-0.4, -0.2) is 30.1 Å². The average Bonchev–Trinajstić information content (AvgIpc) is 3.47. The van der Waals surface area contributed by atoms with Crippen LogP contribution in [0.3, 0.4) is 0 Å². The van der Waals surface area contributed by atoms with Crippen LogP contribution >= 0.6 is 0 Å². The van der Waals surface area contributed by atoms with E-state index in [0.29, 0.717) is 19.1 Å². The van der Waals surface area contributed by atoms with Crippen LogP contribution in [0.2, 0.25) is 0 Å². The van der Waals surface area contributed by atoms with E-state index in [1.807, 2.05) is 4.90 Å². The fourth-order valence-corrected chi connectivity index (χ4v) is 3.79. The molecule has 1 aliphatic heterocycles. The molecule has 1 N–H and O–H groups in total. The normalized spacial score (nSPS) is 20.2. The lowest BCUT2D eigenvalue weighted by atomic mass is 9.69. The highest BCUT2D eigenvalue weighted by Gasteiger charge is 2.41. The fraction of sp³-hybridized carbons (Fsp3) is 0.381. The van der Waals surface area contributed by atoms with E-state index in [0.717, 1.165) is 13.0 Å². The Bertz CT molecular complexity index is 655. The molecule has 3 nitrogen and oxygen atoms in total. The number of carbonyl (C=O) groups is 1. The molecule has 1 amide bonds. The number of carbonyl (C=O) groups excluding carboxylic acids is 1. The second kappa shape index (κ2) is 6.40. The van der Waals surface area contributed by atoms with E-state index in [4.69, 9.17) is 0 Å². The van der Waals surface area contributed by atoms with Gasteiger partial charge in [-0.1, -0.05) is 60.7 Å². The Balaban J connectivity index is 1.68. The van der Waals surface area contributed by atoms with E-state index >= 15 is 0 Å². The van der Waals surface area contributed by atoms with Gasteiger partial charge in [0, 0.05) is 24.4 Å². The molecule has 24 heavy (non-hydrogen) atoms. The summed E-state index contributed by atoms with van der Waals surface area (Å²) in [7, 11) is 0. The first-order valence-electron chi connectivity index (χ1n) is 8.90. The molecule has 4 rings (SSSR count). The number of nitrogens with zero attached hydrogens (tertiary/aromatic N) is 1. The summed E-state index contributed by atoms with van der Waals surface area (Å²) < 4.78 is 0. The first-order chi connectivity index (χ1) is 11.8. The van der Waals surface area contributed by atoms with Crippen LogP contribution in [0.5, 0.6) is 0 Å². The van der Waals surface area contributed by atoms with Crippen molar-refractivity contribution in [2.24, 2.45) is 0 Å². The predicted octanol–water partition coefficient (Wildman–Crippen LogP) is 3.30. The predicted molar refractivity (Wildman–Crippen MR) is 95.6 cm³/mol. The van der Waals surface area contributed by atoms with Gasteiger partial charge in [0.15, 0.2) is 0 Å². The van der Waals surface area contributed by atoms with Crippen LogP contribution in [0.15, 0.2) is 60.7 Å². The molecule has 0 atom stereocenters. The number of amides is 1. The second-order valence-electron chi connectivity index (χ2n) is 7.04. The molecule has 0 unspecified atom stereocenters. The summed E-state index contributed by atoms with van der Waals surface area (Å²) in [5.74, 6) is 0.269. The van der Waals surface area contributed by atoms with Crippen molar-refractivity contribution in [1.82, 2.24) is 10.2 Å². The molecular formula is C21H24N2O. The van der Waals surface area contributed by atoms with Gasteiger partial charge in [-0.3, -0.25) is 10.1 Å². The first kappa shape index (κ1) is 15.4. The Morgan fingerprint density at radius 3 is 2.08 bits per heavy atom. The van der Waals surface area contributed by atoms with Gasteiger partial charge in [0.2, 0.25) is 5.91 Å². The number of piperidine rings is 1. The summed E-state index contributed by atoms with van der Waals surface area (Å²) >= 11 is 0. The smallest absolute Gasteiger partial charge is 0.223 e. The lowest BCUT2D eigenvalue weighted by Crippen LogP contribution is -2.52. The van der Waals surface area contributed by atoms with Gasteiger partial charge in [-0.25, -0.2) is 0 Å². The molecule has 0 spiro atoms. The summed E-state index contributed by atoms with van der Waals surface area (Å²) in [6.07, 6.45) is 3.96. The minimum atomic E-state index is -0.109. The summed E-state index contributed by atoms with van der Waals surface area (Å²) in [6, 6.07) is 21.9. The van der Waals surface area contributed by atoms with Crippen LogP contribution in [0.25, 0.3) is 0 Å². The summed E-state index contributed by atoms with van der Waals surface area (Å²) in [4.78, 5) is 14.5. The van der Waals surface area contributed by atoms with Gasteiger partial charge >= 0.3 is 0 Å². The van der Waals surface area contributed by atoms with Crippen molar-refractivity contribution in [1.29, 1.82) is 0 Å². The van der Waals surface area contributed by atoms with E-state index in [9.17, 15) is 4.79 Å². The maximum Gasteiger partial charge on any atom is 0.223 e. The van der Waals surface area contributed by atoms with Gasteiger partial charge in [0.05, 0.1) is 6.67 Å². The molecule has 1 saturated carbocycles. The van der Waals surface area contributed by atoms with Crippen molar-refractivity contribution in [3.05, 3.63) is 71.8 Å². The fourth-order valence-electron chi connectivity index (χ4n) is 3.79. The van der Waals surface area contributed by atoms with Crippen molar-refractivity contribution >= 4 is 5.91 Å². The monoisotopic (exact) mass is 320 g/mol. The number of nitrogens with one attached hydrogen (secondary N) is 1. The molecule has 3 heteroatoms. The maximum absolute atomic E-state index is 12.5. The molecule has 1 saturated heterocycles. The Labute approximate surface area is 143 Å². The van der Waals surface area contributed by atoms with Gasteiger partial charge < -0.3 is 4.90 Å². The molecule has 0 bridgehead atoms. The highest BCUT2D eigenvalue weighted by Crippen LogP contribution is 2.40. The van der Waals surface area contributed by atoms with Gasteiger partial charge in [-0.15, -0.1) is 0 Å². The van der Waals surface area contributed by atoms with Crippen molar-refractivity contribution in [2.75, 3.05) is 13.2 Å². The van der Waals surface area contributed by atoms with E-state index in [-0.39, 0.29) is 11.3 Å². The van der Waals surface area contributed by atoms with Crippen LogP contribution in [0.4, 0.5) is 0 Å². The second-order valence-corrected chi connectivity index (χ2v) is 7.04. The minimum absolute atomic E-state index is 0.109. The Morgan fingerprint density at radius 2 is 1.54 bits per heavy atom. The number of benzene rings is 2. The van der Waals surface area contributed by atoms with Crippen LogP contribution < -0.4 is 5.32 Å². The molecule has 0 radical (unpaired) electrons. The molecule has 2 aliphatic rings. The topological polar surface area (TPSA) is 32.3 Å². The molecule has 124 valence electrons. The summed E-state index contributed by atoms with van der Waals surface area (Å²) in [5, 5.41) is 3.50. The highest BCUT2D eigenvalue weighted by atomic mass is 16.2. The average molecular weight is 320 g/mol. The highest BCUT2D eigenvalue weighted by molar-refractivity contribution is 5.78. The molecular weight excluding hydrogens is 296 g/mol. The molecule has 0 aromatic heterocycles. The van der Waals surface area contributed by atoms with Crippen LogP contribution in [-0.2, 0) is 10.2 Å². The number of hydrogen-bond acceptors (Lipinski definition) is 2. The minimum Gasteiger partial charge on any atom is -0.329 e. The van der Waals surface area contributed by atoms with Crippen LogP contribution in [0, 0.1) is 0 Å². The summed E-state index contributed by atoms with van der Waals surface area (Å²) in [5.41, 5.74) is 2.50. The van der Waals surface area contributed by atoms with Gasteiger partial charge in [0.1, 0.15) is 0 Å². The zero-order valence-electron chi connectivity index (χ0n) is 13.9. The van der Waals surface area contributed by atoms with E-state index < -0.39 is 0 Å². The van der Waals surface area contributed by atoms with Gasteiger partial charge in [-0.05, 0) is 30.4 Å².